The van der Waals surface area contributed by atoms with Crippen LogP contribution in [0, 0.1) is 0 Å². The first-order chi connectivity index (χ1) is 13.9. The molecule has 29 heavy (non-hydrogen) atoms. The molecule has 146 valence electrons. The fourth-order valence-electron chi connectivity index (χ4n) is 3.13. The lowest BCUT2D eigenvalue weighted by Gasteiger charge is -2.13. The smallest absolute Gasteiger partial charge is 0.335 e. The highest BCUT2D eigenvalue weighted by Gasteiger charge is 2.14. The number of halogens is 1. The minimum absolute atomic E-state index is 0.0976. The van der Waals surface area contributed by atoms with Crippen LogP contribution in [0.2, 0.25) is 0 Å². The van der Waals surface area contributed by atoms with E-state index in [0.29, 0.717) is 21.4 Å². The van der Waals surface area contributed by atoms with Gasteiger partial charge in [-0.2, -0.15) is 5.10 Å². The molecule has 1 aliphatic rings. The monoisotopic (exact) mass is 408 g/mol. The molecule has 1 aliphatic heterocycles. The number of hydrogen-bond donors (Lipinski definition) is 2. The quantitative estimate of drug-likeness (QED) is 0.689. The lowest BCUT2D eigenvalue weighted by molar-refractivity contribution is 0.0697. The lowest BCUT2D eigenvalue weighted by atomic mass is 10.1. The number of carboxylic acids is 1. The zero-order valence-corrected chi connectivity index (χ0v) is 16.1. The summed E-state index contributed by atoms with van der Waals surface area (Å²) in [6, 6.07) is 13.7. The first-order valence-corrected chi connectivity index (χ1v) is 9.26. The highest BCUT2D eigenvalue weighted by molar-refractivity contribution is 6.65. The Kier molecular flexibility index (Phi) is 4.82. The average Bonchev–Trinajstić information content (AvgIpc) is 3.27. The van der Waals surface area contributed by atoms with Gasteiger partial charge in [-0.3, -0.25) is 14.9 Å². The van der Waals surface area contributed by atoms with Gasteiger partial charge in [0.25, 0.3) is 5.56 Å². The number of carboxylic acid groups (broad SMARTS) is 1. The zero-order chi connectivity index (χ0) is 20.5. The molecule has 0 bridgehead atoms. The van der Waals surface area contributed by atoms with Crippen LogP contribution < -0.4 is 21.1 Å². The molecule has 7 nitrogen and oxygen atoms in total. The third-order valence-corrected chi connectivity index (χ3v) is 4.88. The van der Waals surface area contributed by atoms with E-state index in [1.165, 1.54) is 16.8 Å². The number of nitrogens with one attached hydrogen (secondary N) is 1. The SMILES string of the molecule is C=c1[nH]n(-c2cccc(C(=O)O)c2)c(=O)c1=Cc1ccc(N2CCC(Cl)=N2)cc1. The number of carbonyl (C=O) groups is 1. The molecule has 2 heterocycles. The number of H-pyrrole nitrogens is 1. The summed E-state index contributed by atoms with van der Waals surface area (Å²) in [5, 5.41) is 19.6. The molecule has 4 rings (SSSR count). The molecule has 0 spiro atoms. The van der Waals surface area contributed by atoms with Gasteiger partial charge in [-0.15, -0.1) is 0 Å². The second-order valence-corrected chi connectivity index (χ2v) is 7.02. The summed E-state index contributed by atoms with van der Waals surface area (Å²) >= 11 is 5.93. The van der Waals surface area contributed by atoms with Gasteiger partial charge < -0.3 is 5.11 Å². The van der Waals surface area contributed by atoms with Crippen molar-refractivity contribution < 1.29 is 9.90 Å². The van der Waals surface area contributed by atoms with E-state index in [9.17, 15) is 9.59 Å². The third kappa shape index (κ3) is 3.72. The molecule has 8 heteroatoms. The fourth-order valence-corrected chi connectivity index (χ4v) is 3.31. The van der Waals surface area contributed by atoms with Gasteiger partial charge in [-0.1, -0.05) is 36.4 Å². The van der Waals surface area contributed by atoms with Crippen molar-refractivity contribution >= 4 is 41.1 Å². The maximum atomic E-state index is 12.9. The van der Waals surface area contributed by atoms with Crippen LogP contribution in [0.5, 0.6) is 0 Å². The summed E-state index contributed by atoms with van der Waals surface area (Å²) in [6.45, 7) is 4.64. The highest BCUT2D eigenvalue weighted by atomic mass is 35.5. The molecule has 0 fully saturated rings. The number of hydrazone groups is 1. The number of benzene rings is 2. The number of nitrogens with zero attached hydrogens (tertiary/aromatic N) is 3. The molecule has 0 unspecified atom stereocenters. The van der Waals surface area contributed by atoms with Gasteiger partial charge in [0, 0.05) is 13.0 Å². The Morgan fingerprint density at radius 3 is 2.62 bits per heavy atom. The molecule has 0 radical (unpaired) electrons. The van der Waals surface area contributed by atoms with Crippen LogP contribution in [0.4, 0.5) is 5.69 Å². The molecule has 2 N–H and O–H groups in total. The van der Waals surface area contributed by atoms with Crippen molar-refractivity contribution in [2.75, 3.05) is 11.6 Å². The zero-order valence-electron chi connectivity index (χ0n) is 15.3. The van der Waals surface area contributed by atoms with E-state index in [2.05, 4.69) is 16.8 Å². The van der Waals surface area contributed by atoms with Crippen LogP contribution >= 0.6 is 11.6 Å². The number of aromatic nitrogens is 2. The Balaban J connectivity index is 1.70. The van der Waals surface area contributed by atoms with E-state index in [0.717, 1.165) is 24.2 Å². The first-order valence-electron chi connectivity index (χ1n) is 8.88. The molecule has 0 amide bonds. The summed E-state index contributed by atoms with van der Waals surface area (Å²) in [7, 11) is 0. The maximum absolute atomic E-state index is 12.9. The van der Waals surface area contributed by atoms with Gasteiger partial charge in [-0.05, 0) is 42.0 Å². The number of hydrogen-bond acceptors (Lipinski definition) is 4. The van der Waals surface area contributed by atoms with Crippen LogP contribution in [0.25, 0.3) is 18.3 Å². The molecule has 1 aromatic heterocycles. The number of aromatic amines is 1. The second-order valence-electron chi connectivity index (χ2n) is 6.59. The Bertz CT molecular complexity index is 1290. The van der Waals surface area contributed by atoms with Crippen LogP contribution in [0.1, 0.15) is 22.3 Å². The van der Waals surface area contributed by atoms with E-state index in [1.54, 1.807) is 18.2 Å². The van der Waals surface area contributed by atoms with E-state index in [1.807, 2.05) is 29.3 Å². The average molecular weight is 409 g/mol. The molecular formula is C21H17ClN4O3. The Morgan fingerprint density at radius 1 is 1.21 bits per heavy atom. The van der Waals surface area contributed by atoms with Crippen molar-refractivity contribution in [3.05, 3.63) is 80.6 Å². The Labute approximate surface area is 170 Å². The van der Waals surface area contributed by atoms with Crippen LogP contribution in [-0.4, -0.2) is 32.6 Å². The summed E-state index contributed by atoms with van der Waals surface area (Å²) < 4.78 is 1.29. The minimum Gasteiger partial charge on any atom is -0.478 e. The molecule has 0 atom stereocenters. The number of aromatic carboxylic acids is 1. The third-order valence-electron chi connectivity index (χ3n) is 4.62. The van der Waals surface area contributed by atoms with Crippen molar-refractivity contribution in [1.82, 2.24) is 9.78 Å². The molecule has 0 saturated carbocycles. The highest BCUT2D eigenvalue weighted by Crippen LogP contribution is 2.20. The normalized spacial score (nSPS) is 14.3. The topological polar surface area (TPSA) is 90.7 Å². The largest absolute Gasteiger partial charge is 0.478 e. The Morgan fingerprint density at radius 2 is 1.97 bits per heavy atom. The predicted molar refractivity (Wildman–Crippen MR) is 113 cm³/mol. The minimum atomic E-state index is -1.06. The first kappa shape index (κ1) is 18.8. The Hall–Kier alpha value is -3.58. The molecule has 0 aliphatic carbocycles. The molecular weight excluding hydrogens is 392 g/mol. The molecule has 3 aromatic rings. The second kappa shape index (κ2) is 7.44. The van der Waals surface area contributed by atoms with Gasteiger partial charge in [0.1, 0.15) is 5.17 Å². The van der Waals surface area contributed by atoms with Crippen molar-refractivity contribution in [2.45, 2.75) is 6.42 Å². The predicted octanol–water partition coefficient (Wildman–Crippen LogP) is 1.87. The van der Waals surface area contributed by atoms with Crippen molar-refractivity contribution in [2.24, 2.45) is 5.10 Å². The summed E-state index contributed by atoms with van der Waals surface area (Å²) in [5.41, 5.74) is 1.97. The number of rotatable bonds is 4. The maximum Gasteiger partial charge on any atom is 0.335 e. The summed E-state index contributed by atoms with van der Waals surface area (Å²) in [6.07, 6.45) is 2.47. The van der Waals surface area contributed by atoms with Gasteiger partial charge in [0.15, 0.2) is 0 Å². The van der Waals surface area contributed by atoms with Gasteiger partial charge in [0.2, 0.25) is 0 Å². The van der Waals surface area contributed by atoms with Gasteiger partial charge >= 0.3 is 5.97 Å². The lowest BCUT2D eigenvalue weighted by Crippen LogP contribution is -2.34. The fraction of sp³-hybridized carbons (Fsp3) is 0.0952. The van der Waals surface area contributed by atoms with E-state index in [4.69, 9.17) is 16.7 Å². The van der Waals surface area contributed by atoms with Gasteiger partial charge in [0.05, 0.1) is 27.5 Å². The van der Waals surface area contributed by atoms with Crippen molar-refractivity contribution in [1.29, 1.82) is 0 Å². The van der Waals surface area contributed by atoms with Crippen molar-refractivity contribution in [3.8, 4) is 5.69 Å². The summed E-state index contributed by atoms with van der Waals surface area (Å²) in [5.74, 6) is -1.06. The molecule has 2 aromatic carbocycles. The van der Waals surface area contributed by atoms with Crippen LogP contribution in [-0.2, 0) is 0 Å². The molecule has 0 saturated heterocycles. The van der Waals surface area contributed by atoms with Gasteiger partial charge in [-0.25, -0.2) is 9.48 Å². The van der Waals surface area contributed by atoms with Crippen molar-refractivity contribution in [3.63, 3.8) is 0 Å². The van der Waals surface area contributed by atoms with Crippen LogP contribution in [0.3, 0.4) is 0 Å². The van der Waals surface area contributed by atoms with E-state index < -0.39 is 5.97 Å². The van der Waals surface area contributed by atoms with E-state index in [-0.39, 0.29) is 11.1 Å². The van der Waals surface area contributed by atoms with E-state index >= 15 is 0 Å². The standard InChI is InChI=1S/C21H17ClN4O3/c1-13-18(11-14-5-7-16(8-6-14)25-10-9-19(22)24-25)20(27)26(23-13)17-4-2-3-15(12-17)21(28)29/h2-8,11-12,23H,1,9-10H2,(H,28,29). The number of anilines is 1. The summed E-state index contributed by atoms with van der Waals surface area (Å²) in [4.78, 5) is 24.0. The van der Waals surface area contributed by atoms with Crippen LogP contribution in [0.15, 0.2) is 58.4 Å².